The fraction of sp³-hybridized carbons (Fsp3) is 0.381. The highest BCUT2D eigenvalue weighted by Crippen LogP contribution is 2.30. The van der Waals surface area contributed by atoms with Gasteiger partial charge in [0, 0.05) is 6.20 Å². The molecule has 9 nitrogen and oxygen atoms in total. The van der Waals surface area contributed by atoms with Gasteiger partial charge in [-0.2, -0.15) is 8.42 Å². The number of anilines is 1. The summed E-state index contributed by atoms with van der Waals surface area (Å²) in [5.74, 6) is 0. The Morgan fingerprint density at radius 3 is 2.75 bits per heavy atom. The maximum atomic E-state index is 10.2. The molecule has 1 saturated carbocycles. The lowest BCUT2D eigenvalue weighted by atomic mass is 9.93. The Balaban J connectivity index is 0.000000444. The van der Waals surface area contributed by atoms with Crippen molar-refractivity contribution in [3.05, 3.63) is 48.4 Å². The summed E-state index contributed by atoms with van der Waals surface area (Å²) >= 11 is 1.65. The first kappa shape index (κ1) is 22.6. The van der Waals surface area contributed by atoms with Gasteiger partial charge in [-0.1, -0.05) is 30.2 Å². The van der Waals surface area contributed by atoms with Gasteiger partial charge in [-0.3, -0.25) is 4.55 Å². The summed E-state index contributed by atoms with van der Waals surface area (Å²) in [7, 11) is -3.67. The van der Waals surface area contributed by atoms with E-state index in [0.29, 0.717) is 6.26 Å². The lowest BCUT2D eigenvalue weighted by Crippen LogP contribution is -2.36. The van der Waals surface area contributed by atoms with E-state index >= 15 is 0 Å². The largest absolute Gasteiger partial charge is 0.391 e. The molecule has 0 bridgehead atoms. The molecule has 3 heterocycles. The van der Waals surface area contributed by atoms with Crippen LogP contribution in [0.1, 0.15) is 31.2 Å². The van der Waals surface area contributed by atoms with Crippen LogP contribution in [0.4, 0.5) is 5.13 Å². The molecule has 0 radical (unpaired) electrons. The van der Waals surface area contributed by atoms with Crippen LogP contribution in [-0.2, 0) is 16.7 Å². The molecule has 5 rings (SSSR count). The van der Waals surface area contributed by atoms with Gasteiger partial charge >= 0.3 is 0 Å². The van der Waals surface area contributed by atoms with Crippen LogP contribution >= 0.6 is 11.3 Å². The maximum absolute atomic E-state index is 10.2. The minimum absolute atomic E-state index is 0.113. The van der Waals surface area contributed by atoms with Crippen molar-refractivity contribution in [1.82, 2.24) is 19.5 Å². The van der Waals surface area contributed by atoms with Crippen LogP contribution in [0, 0.1) is 0 Å². The van der Waals surface area contributed by atoms with Crippen LogP contribution in [-0.4, -0.2) is 56.0 Å². The first-order chi connectivity index (χ1) is 15.3. The van der Waals surface area contributed by atoms with Crippen LogP contribution in [0.3, 0.4) is 0 Å². The van der Waals surface area contributed by atoms with Crippen LogP contribution in [0.2, 0.25) is 0 Å². The Morgan fingerprint density at radius 2 is 1.97 bits per heavy atom. The topological polar surface area (TPSA) is 130 Å². The summed E-state index contributed by atoms with van der Waals surface area (Å²) in [6.07, 6.45) is 8.23. The highest BCUT2D eigenvalue weighted by Gasteiger charge is 2.23. The summed E-state index contributed by atoms with van der Waals surface area (Å²) in [5.41, 5.74) is 4.00. The number of fused-ring (bicyclic) bond motifs is 2. The van der Waals surface area contributed by atoms with Gasteiger partial charge in [-0.15, -0.1) is 0 Å². The molecule has 4 aromatic rings. The Morgan fingerprint density at radius 1 is 1.19 bits per heavy atom. The molecule has 0 aliphatic heterocycles. The van der Waals surface area contributed by atoms with E-state index in [1.54, 1.807) is 17.5 Å². The van der Waals surface area contributed by atoms with Crippen molar-refractivity contribution in [2.75, 3.05) is 11.6 Å². The van der Waals surface area contributed by atoms with Gasteiger partial charge in [0.05, 0.1) is 41.5 Å². The number of hydrogen-bond acceptors (Lipinski definition) is 8. The molecule has 0 spiro atoms. The summed E-state index contributed by atoms with van der Waals surface area (Å²) in [6.45, 7) is 0.728. The first-order valence-corrected chi connectivity index (χ1v) is 12.9. The van der Waals surface area contributed by atoms with Gasteiger partial charge in [-0.05, 0) is 42.7 Å². The van der Waals surface area contributed by atoms with Gasteiger partial charge in [0.1, 0.15) is 5.52 Å². The van der Waals surface area contributed by atoms with Gasteiger partial charge in [0.2, 0.25) is 0 Å². The minimum atomic E-state index is -3.67. The molecule has 32 heavy (non-hydrogen) atoms. The van der Waals surface area contributed by atoms with Crippen LogP contribution in [0.15, 0.2) is 42.9 Å². The molecular formula is C21H25N5O4S2. The van der Waals surface area contributed by atoms with E-state index in [-0.39, 0.29) is 12.1 Å². The van der Waals surface area contributed by atoms with Crippen molar-refractivity contribution in [3.8, 4) is 0 Å². The van der Waals surface area contributed by atoms with E-state index in [0.717, 1.165) is 58.7 Å². The Kier molecular flexibility index (Phi) is 6.70. The zero-order chi connectivity index (χ0) is 22.7. The van der Waals surface area contributed by atoms with Crippen LogP contribution < -0.4 is 5.32 Å². The number of nitrogens with zero attached hydrogens (tertiary/aromatic N) is 4. The molecule has 1 aromatic carbocycles. The van der Waals surface area contributed by atoms with Crippen LogP contribution in [0.5, 0.6) is 0 Å². The number of benzene rings is 1. The van der Waals surface area contributed by atoms with Gasteiger partial charge < -0.3 is 15.0 Å². The number of aromatic nitrogens is 4. The number of hydrogen-bond donors (Lipinski definition) is 3. The minimum Gasteiger partial charge on any atom is -0.391 e. The molecule has 1 fully saturated rings. The standard InChI is InChI=1S/C20H21N5OS.CH4O3S/c26-17-6-2-1-4-14(17)23-20-24-15-8-7-13(10-18(15)27-20)11-25-12-22-16-5-3-9-21-19(16)25;1-5(2,3)4/h3,5,7-10,12,14,17,26H,1-2,4,6,11H2,(H,23,24);1H3,(H,2,3,4)/t14-,17-;/m1./s1. The molecule has 3 aromatic heterocycles. The molecular weight excluding hydrogens is 450 g/mol. The fourth-order valence-electron chi connectivity index (χ4n) is 3.78. The lowest BCUT2D eigenvalue weighted by Gasteiger charge is -2.27. The Hall–Kier alpha value is -2.60. The maximum Gasteiger partial charge on any atom is 0.261 e. The van der Waals surface area contributed by atoms with Crippen molar-refractivity contribution in [2.24, 2.45) is 0 Å². The second-order valence-corrected chi connectivity index (χ2v) is 10.4. The second kappa shape index (κ2) is 9.49. The van der Waals surface area contributed by atoms with Crippen molar-refractivity contribution in [1.29, 1.82) is 0 Å². The van der Waals surface area contributed by atoms with Crippen molar-refractivity contribution < 1.29 is 18.1 Å². The Bertz CT molecular complexity index is 1310. The average molecular weight is 476 g/mol. The zero-order valence-electron chi connectivity index (χ0n) is 17.5. The molecule has 3 N–H and O–H groups in total. The molecule has 0 unspecified atom stereocenters. The highest BCUT2D eigenvalue weighted by atomic mass is 32.2. The third-order valence-electron chi connectivity index (χ3n) is 5.22. The average Bonchev–Trinajstić information content (AvgIpc) is 3.32. The third kappa shape index (κ3) is 5.80. The number of thiazole rings is 1. The predicted octanol–water partition coefficient (Wildman–Crippen LogP) is 3.31. The number of nitrogens with one attached hydrogen (secondary N) is 1. The summed E-state index contributed by atoms with van der Waals surface area (Å²) in [6, 6.07) is 10.3. The van der Waals surface area contributed by atoms with Crippen molar-refractivity contribution >= 4 is 48.0 Å². The number of aliphatic hydroxyl groups excluding tert-OH is 1. The molecule has 11 heteroatoms. The first-order valence-electron chi connectivity index (χ1n) is 10.3. The smallest absolute Gasteiger partial charge is 0.261 e. The number of imidazole rings is 1. The molecule has 1 aliphatic rings. The fourth-order valence-corrected chi connectivity index (χ4v) is 4.77. The lowest BCUT2D eigenvalue weighted by molar-refractivity contribution is 0.116. The number of rotatable bonds is 4. The monoisotopic (exact) mass is 475 g/mol. The Labute approximate surface area is 189 Å². The summed E-state index contributed by atoms with van der Waals surface area (Å²) in [5, 5.41) is 14.5. The number of pyridine rings is 1. The molecule has 0 amide bonds. The van der Waals surface area contributed by atoms with Crippen molar-refractivity contribution in [2.45, 2.75) is 44.4 Å². The van der Waals surface area contributed by atoms with E-state index in [2.05, 4.69) is 38.1 Å². The van der Waals surface area contributed by atoms with E-state index < -0.39 is 10.1 Å². The second-order valence-electron chi connectivity index (χ2n) is 7.88. The van der Waals surface area contributed by atoms with E-state index in [1.807, 2.05) is 18.5 Å². The molecule has 170 valence electrons. The molecule has 0 saturated heterocycles. The van der Waals surface area contributed by atoms with Gasteiger partial charge in [0.15, 0.2) is 10.8 Å². The SMILES string of the molecule is CS(=O)(=O)O.O[C@@H]1CCCC[C@H]1Nc1nc2ccc(Cn3cnc4cccnc43)cc2s1. The molecule has 2 atom stereocenters. The summed E-state index contributed by atoms with van der Waals surface area (Å²) < 4.78 is 29.1. The quantitative estimate of drug-likeness (QED) is 0.383. The molecule has 1 aliphatic carbocycles. The van der Waals surface area contributed by atoms with E-state index in [9.17, 15) is 13.5 Å². The van der Waals surface area contributed by atoms with Crippen LogP contribution in [0.25, 0.3) is 21.4 Å². The third-order valence-corrected chi connectivity index (χ3v) is 6.17. The van der Waals surface area contributed by atoms with E-state index in [4.69, 9.17) is 9.54 Å². The predicted molar refractivity (Wildman–Crippen MR) is 126 cm³/mol. The zero-order valence-corrected chi connectivity index (χ0v) is 19.2. The number of aliphatic hydroxyl groups is 1. The van der Waals surface area contributed by atoms with E-state index in [1.165, 1.54) is 5.56 Å². The highest BCUT2D eigenvalue weighted by molar-refractivity contribution is 7.85. The van der Waals surface area contributed by atoms with Gasteiger partial charge in [-0.25, -0.2) is 15.0 Å². The van der Waals surface area contributed by atoms with Crippen molar-refractivity contribution in [3.63, 3.8) is 0 Å². The summed E-state index contributed by atoms with van der Waals surface area (Å²) in [4.78, 5) is 13.5. The normalized spacial score (nSPS) is 19.0. The van der Waals surface area contributed by atoms with Gasteiger partial charge in [0.25, 0.3) is 10.1 Å².